The van der Waals surface area contributed by atoms with Gasteiger partial charge in [-0.15, -0.1) is 0 Å². The predicted molar refractivity (Wildman–Crippen MR) is 29.1 cm³/mol. The minimum atomic E-state index is -0.855. The van der Waals surface area contributed by atoms with Crippen LogP contribution >= 0.6 is 34.8 Å². The summed E-state index contributed by atoms with van der Waals surface area (Å²) in [6.45, 7) is 0. The zero-order valence-corrected chi connectivity index (χ0v) is 4.98. The van der Waals surface area contributed by atoms with Crippen molar-refractivity contribution >= 4 is 40.0 Å². The first kappa shape index (κ1) is 6.54. The molecule has 1 nitrogen and oxygen atoms in total. The van der Waals surface area contributed by atoms with Gasteiger partial charge in [0.2, 0.25) is 0 Å². The van der Waals surface area contributed by atoms with Crippen LogP contribution in [0, 0.1) is 5.41 Å². The van der Waals surface area contributed by atoms with Crippen molar-refractivity contribution in [3.8, 4) is 0 Å². The molecule has 4 heteroatoms. The maximum Gasteiger partial charge on any atom is 0.159 e. The number of hydrogen-bond acceptors (Lipinski definition) is 1. The van der Waals surface area contributed by atoms with Gasteiger partial charge in [0.15, 0.2) is 4.84 Å². The summed E-state index contributed by atoms with van der Waals surface area (Å²) in [4.78, 5) is -0.855. The van der Waals surface area contributed by atoms with Gasteiger partial charge in [-0.25, -0.2) is 0 Å². The molecular weight excluding hydrogens is 144 g/mol. The molecule has 0 aliphatic carbocycles. The molecule has 0 aliphatic rings. The Balaban J connectivity index is 3.26. The van der Waals surface area contributed by atoms with Crippen molar-refractivity contribution in [2.75, 3.05) is 0 Å². The van der Waals surface area contributed by atoms with Gasteiger partial charge in [-0.1, -0.05) is 34.8 Å². The molecule has 0 saturated heterocycles. The van der Waals surface area contributed by atoms with Crippen LogP contribution in [0.1, 0.15) is 0 Å². The van der Waals surface area contributed by atoms with E-state index in [1.165, 1.54) is 0 Å². The lowest BCUT2D eigenvalue weighted by atomic mass is 10.9. The fourth-order valence-corrected chi connectivity index (χ4v) is 0. The van der Waals surface area contributed by atoms with E-state index < -0.39 is 4.84 Å². The Morgan fingerprint density at radius 3 is 1.67 bits per heavy atom. The first-order valence-electron chi connectivity index (χ1n) is 1.16. The van der Waals surface area contributed by atoms with Crippen molar-refractivity contribution in [1.29, 1.82) is 5.41 Å². The van der Waals surface area contributed by atoms with Gasteiger partial charge in [-0.2, -0.15) is 0 Å². The Kier molecular flexibility index (Phi) is 2.91. The van der Waals surface area contributed by atoms with Crippen LogP contribution in [-0.4, -0.2) is 10.0 Å². The molecule has 0 aromatic carbocycles. The second-order valence-corrected chi connectivity index (χ2v) is 2.15. The van der Waals surface area contributed by atoms with Crippen LogP contribution in [0.15, 0.2) is 0 Å². The Morgan fingerprint density at radius 2 is 1.67 bits per heavy atom. The maximum absolute atomic E-state index is 6.45. The molecule has 0 fully saturated rings. The summed E-state index contributed by atoms with van der Waals surface area (Å²) < 4.78 is 0. The van der Waals surface area contributed by atoms with E-state index in [0.29, 0.717) is 0 Å². The largest absolute Gasteiger partial charge is 0.291 e. The molecule has 0 radical (unpaired) electrons. The Hall–Kier alpha value is 0.540. The van der Waals surface area contributed by atoms with Gasteiger partial charge < -0.3 is 0 Å². The highest BCUT2D eigenvalue weighted by molar-refractivity contribution is 6.76. The van der Waals surface area contributed by atoms with Gasteiger partial charge in [0.05, 0.1) is 0 Å². The molecule has 0 spiro atoms. The maximum atomic E-state index is 6.45. The first-order valence-corrected chi connectivity index (χ1v) is 2.41. The van der Waals surface area contributed by atoms with Crippen molar-refractivity contribution in [2.45, 2.75) is 4.84 Å². The Labute approximate surface area is 50.7 Å². The predicted octanol–water partition coefficient (Wildman–Crippen LogP) is 2.01. The quantitative estimate of drug-likeness (QED) is 0.432. The number of nitrogens with one attached hydrogen (secondary N) is 1. The summed E-state index contributed by atoms with van der Waals surface area (Å²) in [7, 11) is 0. The van der Waals surface area contributed by atoms with E-state index in [-0.39, 0.29) is 5.17 Å². The molecule has 0 saturated carbocycles. The smallest absolute Gasteiger partial charge is 0.159 e. The van der Waals surface area contributed by atoms with E-state index in [4.69, 9.17) is 40.2 Å². The van der Waals surface area contributed by atoms with Crippen LogP contribution in [0.5, 0.6) is 0 Å². The molecule has 0 heterocycles. The van der Waals surface area contributed by atoms with E-state index in [2.05, 4.69) is 0 Å². The van der Waals surface area contributed by atoms with Crippen molar-refractivity contribution in [3.05, 3.63) is 0 Å². The first-order chi connectivity index (χ1) is 2.64. The molecule has 0 rings (SSSR count). The summed E-state index contributed by atoms with van der Waals surface area (Å²) in [6.07, 6.45) is 0. The number of halogens is 3. The summed E-state index contributed by atoms with van der Waals surface area (Å²) >= 11 is 15.0. The van der Waals surface area contributed by atoms with Crippen LogP contribution in [0.3, 0.4) is 0 Å². The molecule has 1 N–H and O–H groups in total. The lowest BCUT2D eigenvalue weighted by molar-refractivity contribution is 1.50. The van der Waals surface area contributed by atoms with Gasteiger partial charge in [0.25, 0.3) is 0 Å². The van der Waals surface area contributed by atoms with Crippen LogP contribution in [0.4, 0.5) is 0 Å². The number of hydrogen-bond donors (Lipinski definition) is 1. The second kappa shape index (κ2) is 2.67. The molecular formula is C2H2Cl3N. The minimum absolute atomic E-state index is 0.238. The molecule has 0 amide bonds. The molecule has 0 aliphatic heterocycles. The van der Waals surface area contributed by atoms with Crippen LogP contribution in [0.2, 0.25) is 0 Å². The SMILES string of the molecule is N=C(Cl)C(Cl)Cl. The van der Waals surface area contributed by atoms with E-state index in [9.17, 15) is 0 Å². The summed E-state index contributed by atoms with van der Waals surface area (Å²) in [5, 5.41) is 6.21. The van der Waals surface area contributed by atoms with E-state index in [0.717, 1.165) is 0 Å². The van der Waals surface area contributed by atoms with Gasteiger partial charge in [-0.05, 0) is 0 Å². The lowest BCUT2D eigenvalue weighted by Gasteiger charge is -1.86. The minimum Gasteiger partial charge on any atom is -0.291 e. The van der Waals surface area contributed by atoms with Crippen molar-refractivity contribution in [1.82, 2.24) is 0 Å². The van der Waals surface area contributed by atoms with Crippen molar-refractivity contribution in [3.63, 3.8) is 0 Å². The topological polar surface area (TPSA) is 23.9 Å². The third-order valence-electron chi connectivity index (χ3n) is 0.192. The average molecular weight is 146 g/mol. The Bertz CT molecular complexity index is 59.8. The molecule has 0 bridgehead atoms. The Morgan fingerprint density at radius 1 is 1.50 bits per heavy atom. The average Bonchev–Trinajstić information content (AvgIpc) is 1.36. The summed E-state index contributed by atoms with van der Waals surface area (Å²) in [6, 6.07) is 0. The highest BCUT2D eigenvalue weighted by Crippen LogP contribution is 2.04. The monoisotopic (exact) mass is 145 g/mol. The molecule has 36 valence electrons. The third kappa shape index (κ3) is 2.76. The number of rotatable bonds is 1. The van der Waals surface area contributed by atoms with E-state index in [1.807, 2.05) is 0 Å². The zero-order chi connectivity index (χ0) is 5.15. The summed E-state index contributed by atoms with van der Waals surface area (Å²) in [5.41, 5.74) is 0. The van der Waals surface area contributed by atoms with Gasteiger partial charge in [0, 0.05) is 0 Å². The van der Waals surface area contributed by atoms with Gasteiger partial charge in [0.1, 0.15) is 5.17 Å². The van der Waals surface area contributed by atoms with Crippen molar-refractivity contribution in [2.24, 2.45) is 0 Å². The molecule has 0 aromatic heterocycles. The van der Waals surface area contributed by atoms with Crippen LogP contribution in [0.25, 0.3) is 0 Å². The summed E-state index contributed by atoms with van der Waals surface area (Å²) in [5.74, 6) is 0. The third-order valence-corrected chi connectivity index (χ3v) is 1.07. The van der Waals surface area contributed by atoms with Crippen LogP contribution in [-0.2, 0) is 0 Å². The lowest BCUT2D eigenvalue weighted by Crippen LogP contribution is -1.94. The van der Waals surface area contributed by atoms with Gasteiger partial charge in [-0.3, -0.25) is 5.41 Å². The van der Waals surface area contributed by atoms with E-state index >= 15 is 0 Å². The van der Waals surface area contributed by atoms with E-state index in [1.54, 1.807) is 0 Å². The highest BCUT2D eigenvalue weighted by Gasteiger charge is 1.99. The number of alkyl halides is 2. The normalized spacial score (nSPS) is 9.33. The molecule has 0 atom stereocenters. The molecule has 6 heavy (non-hydrogen) atoms. The molecule has 0 aromatic rings. The van der Waals surface area contributed by atoms with Crippen molar-refractivity contribution < 1.29 is 0 Å². The van der Waals surface area contributed by atoms with Crippen LogP contribution < -0.4 is 0 Å². The second-order valence-electron chi connectivity index (χ2n) is 0.649. The standard InChI is InChI=1S/C2H2Cl3N/c3-1(4)2(5)6/h1,6H. The fourth-order valence-electron chi connectivity index (χ4n) is 0. The van der Waals surface area contributed by atoms with Gasteiger partial charge >= 0.3 is 0 Å². The highest BCUT2D eigenvalue weighted by atomic mass is 35.5. The zero-order valence-electron chi connectivity index (χ0n) is 2.71. The molecule has 0 unspecified atom stereocenters. The fraction of sp³-hybridized carbons (Fsp3) is 0.500.